The maximum atomic E-state index is 8.69. The summed E-state index contributed by atoms with van der Waals surface area (Å²) in [5, 5.41) is 0. The predicted molar refractivity (Wildman–Crippen MR) is 54.9 cm³/mol. The molecule has 0 saturated carbocycles. The van der Waals surface area contributed by atoms with E-state index >= 15 is 0 Å². The van der Waals surface area contributed by atoms with E-state index in [0.29, 0.717) is 12.2 Å². The maximum absolute atomic E-state index is 8.69. The van der Waals surface area contributed by atoms with Crippen molar-refractivity contribution in [2.24, 2.45) is 5.92 Å². The van der Waals surface area contributed by atoms with Gasteiger partial charge in [-0.1, -0.05) is 17.2 Å². The van der Waals surface area contributed by atoms with Crippen LogP contribution in [0.15, 0.2) is 23.3 Å². The van der Waals surface area contributed by atoms with Crippen LogP contribution in [0.3, 0.4) is 0 Å². The Balaban J connectivity index is 0.000000381. The average Bonchev–Trinajstić information content (AvgIpc) is 2.50. The van der Waals surface area contributed by atoms with Crippen molar-refractivity contribution in [3.05, 3.63) is 37.1 Å². The first-order valence-electron chi connectivity index (χ1n) is 4.75. The molecule has 0 saturated heterocycles. The molecule has 0 fully saturated rings. The van der Waals surface area contributed by atoms with Crippen molar-refractivity contribution in [1.29, 1.82) is 0 Å². The largest absolute Gasteiger partial charge is 2.00 e. The molecule has 0 aromatic carbocycles. The summed E-state index contributed by atoms with van der Waals surface area (Å²) in [6, 6.07) is 0. The maximum Gasteiger partial charge on any atom is 2.00 e. The van der Waals surface area contributed by atoms with Gasteiger partial charge in [-0.2, -0.15) is 0 Å². The fraction of sp³-hybridized carbons (Fsp3) is 0.417. The van der Waals surface area contributed by atoms with Crippen molar-refractivity contribution in [2.75, 3.05) is 0 Å². The Labute approximate surface area is 106 Å². The molecule has 0 N–H and O–H groups in total. The number of carbonyl (C=O) groups excluding carboxylic acids is 1. The van der Waals surface area contributed by atoms with E-state index in [1.807, 2.05) is 0 Å². The van der Waals surface area contributed by atoms with Gasteiger partial charge >= 0.3 is 26.2 Å². The van der Waals surface area contributed by atoms with Crippen LogP contribution in [0.1, 0.15) is 25.7 Å². The van der Waals surface area contributed by atoms with Crippen LogP contribution < -0.4 is 0 Å². The second-order valence-corrected chi connectivity index (χ2v) is 3.39. The third-order valence-electron chi connectivity index (χ3n) is 2.53. The van der Waals surface area contributed by atoms with Crippen LogP contribution in [0.5, 0.6) is 0 Å². The number of hydrogen-bond donors (Lipinski definition) is 0. The second kappa shape index (κ2) is 7.23. The number of rotatable bonds is 0. The summed E-state index contributed by atoms with van der Waals surface area (Å²) in [6.07, 6.45) is 10.4. The van der Waals surface area contributed by atoms with Gasteiger partial charge in [0, 0.05) is 0 Å². The van der Waals surface area contributed by atoms with Crippen molar-refractivity contribution in [3.63, 3.8) is 0 Å². The van der Waals surface area contributed by atoms with Gasteiger partial charge in [0.15, 0.2) is 0 Å². The van der Waals surface area contributed by atoms with Crippen molar-refractivity contribution in [3.8, 4) is 0 Å². The molecular weight excluding hydrogens is 251 g/mol. The molecule has 0 aliphatic heterocycles. The third kappa shape index (κ3) is 3.57. The zero-order valence-corrected chi connectivity index (χ0v) is 10.9. The van der Waals surface area contributed by atoms with E-state index in [2.05, 4.69) is 26.0 Å². The minimum Gasteiger partial charge on any atom is -0.343 e. The van der Waals surface area contributed by atoms with Crippen LogP contribution >= 0.6 is 0 Å². The average molecular weight is 267 g/mol. The predicted octanol–water partition coefficient (Wildman–Crippen LogP) is 2.89. The van der Waals surface area contributed by atoms with Gasteiger partial charge in [-0.05, 0) is 32.0 Å². The summed E-state index contributed by atoms with van der Waals surface area (Å²) in [4.78, 5) is 8.69. The van der Waals surface area contributed by atoms with Crippen LogP contribution in [0.25, 0.3) is 0 Å². The zero-order chi connectivity index (χ0) is 9.68. The molecule has 0 bridgehead atoms. The van der Waals surface area contributed by atoms with Gasteiger partial charge in [0.1, 0.15) is 0 Å². The van der Waals surface area contributed by atoms with Gasteiger partial charge in [0.2, 0.25) is 0 Å². The molecule has 0 heterocycles. The smallest absolute Gasteiger partial charge is 0.343 e. The van der Waals surface area contributed by atoms with E-state index in [1.165, 1.54) is 25.7 Å². The fourth-order valence-electron chi connectivity index (χ4n) is 1.91. The molecule has 1 unspecified atom stereocenters. The van der Waals surface area contributed by atoms with Crippen molar-refractivity contribution < 1.29 is 31.0 Å². The first-order chi connectivity index (χ1) is 6.29. The quantitative estimate of drug-likeness (QED) is 0.487. The van der Waals surface area contributed by atoms with E-state index in [0.717, 1.165) is 0 Å². The van der Waals surface area contributed by atoms with Crippen molar-refractivity contribution in [1.82, 2.24) is 0 Å². The Morgan fingerprint density at radius 1 is 1.36 bits per heavy atom. The SMILES string of the molecule is [CH2-]C1C=CC2=C1CCCC2.[CH2-]C=O.[Zr+2]. The van der Waals surface area contributed by atoms with Gasteiger partial charge in [-0.15, -0.1) is 12.0 Å². The number of aldehydes is 1. The molecule has 2 aliphatic rings. The summed E-state index contributed by atoms with van der Waals surface area (Å²) in [5.74, 6) is 0.510. The molecule has 2 rings (SSSR count). The molecule has 74 valence electrons. The summed E-state index contributed by atoms with van der Waals surface area (Å²) in [7, 11) is 0. The van der Waals surface area contributed by atoms with E-state index in [9.17, 15) is 0 Å². The Morgan fingerprint density at radius 3 is 2.50 bits per heavy atom. The van der Waals surface area contributed by atoms with Gasteiger partial charge in [-0.3, -0.25) is 0 Å². The van der Waals surface area contributed by atoms with Crippen LogP contribution in [0.2, 0.25) is 0 Å². The fourth-order valence-corrected chi connectivity index (χ4v) is 1.91. The molecule has 0 spiro atoms. The molecule has 14 heavy (non-hydrogen) atoms. The number of hydrogen-bond acceptors (Lipinski definition) is 1. The van der Waals surface area contributed by atoms with Crippen LogP contribution in [0.4, 0.5) is 0 Å². The summed E-state index contributed by atoms with van der Waals surface area (Å²) in [5.41, 5.74) is 3.21. The van der Waals surface area contributed by atoms with Crippen molar-refractivity contribution in [2.45, 2.75) is 25.7 Å². The number of carbonyl (C=O) groups is 1. The molecule has 1 atom stereocenters. The minimum atomic E-state index is 0. The molecule has 1 nitrogen and oxygen atoms in total. The van der Waals surface area contributed by atoms with Crippen LogP contribution in [-0.4, -0.2) is 6.29 Å². The summed E-state index contributed by atoms with van der Waals surface area (Å²) < 4.78 is 0. The van der Waals surface area contributed by atoms with Gasteiger partial charge < -0.3 is 18.6 Å². The molecule has 0 amide bonds. The molecular formula is C12H16OZr. The van der Waals surface area contributed by atoms with E-state index < -0.39 is 0 Å². The standard InChI is InChI=1S/C10H13.C2H3O.Zr/c1-8-6-7-9-4-2-3-5-10(8)9;1-2-3;/h6-8H,1-5H2;2H,1H2;/q2*-1;+2. The Bertz CT molecular complexity index is 241. The molecule has 0 aromatic rings. The Morgan fingerprint density at radius 2 is 1.93 bits per heavy atom. The van der Waals surface area contributed by atoms with Gasteiger partial charge in [0.25, 0.3) is 0 Å². The van der Waals surface area contributed by atoms with Gasteiger partial charge in [0.05, 0.1) is 0 Å². The Kier molecular flexibility index (Phi) is 7.18. The van der Waals surface area contributed by atoms with Crippen LogP contribution in [0, 0.1) is 19.8 Å². The second-order valence-electron chi connectivity index (χ2n) is 3.39. The minimum absolute atomic E-state index is 0. The van der Waals surface area contributed by atoms with E-state index in [1.54, 1.807) is 11.1 Å². The molecule has 0 radical (unpaired) electrons. The van der Waals surface area contributed by atoms with Crippen LogP contribution in [-0.2, 0) is 31.0 Å². The normalized spacial score (nSPS) is 23.1. The van der Waals surface area contributed by atoms with E-state index in [4.69, 9.17) is 4.79 Å². The third-order valence-corrected chi connectivity index (χ3v) is 2.53. The van der Waals surface area contributed by atoms with Gasteiger partial charge in [-0.25, -0.2) is 0 Å². The summed E-state index contributed by atoms with van der Waals surface area (Å²) >= 11 is 0. The monoisotopic (exact) mass is 266 g/mol. The van der Waals surface area contributed by atoms with Crippen molar-refractivity contribution >= 4 is 6.29 Å². The molecule has 2 aliphatic carbocycles. The number of allylic oxidation sites excluding steroid dienone is 4. The van der Waals surface area contributed by atoms with E-state index in [-0.39, 0.29) is 26.2 Å². The topological polar surface area (TPSA) is 17.1 Å². The first-order valence-corrected chi connectivity index (χ1v) is 4.75. The zero-order valence-electron chi connectivity index (χ0n) is 8.46. The first kappa shape index (κ1) is 13.9. The molecule has 0 aromatic heterocycles. The summed E-state index contributed by atoms with van der Waals surface area (Å²) in [6.45, 7) is 6.88. The molecule has 2 heteroatoms. The Hall–Kier alpha value is -0.0969.